The minimum Gasteiger partial charge on any atom is -0.312 e. The molecule has 0 saturated heterocycles. The highest BCUT2D eigenvalue weighted by atomic mass is 15.2. The zero-order valence-electron chi connectivity index (χ0n) is 13.7. The van der Waals surface area contributed by atoms with Crippen molar-refractivity contribution in [1.82, 2.24) is 10.2 Å². The number of unbranched alkanes of at least 4 members (excludes halogenated alkanes) is 3. The number of hydrogen-bond acceptors (Lipinski definition) is 2. The van der Waals surface area contributed by atoms with Crippen molar-refractivity contribution in [3.63, 3.8) is 0 Å². The van der Waals surface area contributed by atoms with Gasteiger partial charge < -0.3 is 5.32 Å². The summed E-state index contributed by atoms with van der Waals surface area (Å²) in [7, 11) is 0. The fraction of sp³-hybridized carbons (Fsp3) is 1.00. The fourth-order valence-corrected chi connectivity index (χ4v) is 2.99. The molecule has 0 aliphatic carbocycles. The zero-order valence-corrected chi connectivity index (χ0v) is 13.7. The molecule has 0 amide bonds. The van der Waals surface area contributed by atoms with Crippen LogP contribution in [0.4, 0.5) is 0 Å². The minimum absolute atomic E-state index is 0.256. The summed E-state index contributed by atoms with van der Waals surface area (Å²) < 4.78 is 0. The average Bonchev–Trinajstić information content (AvgIpc) is 2.34. The van der Waals surface area contributed by atoms with Gasteiger partial charge in [0.15, 0.2) is 0 Å². The Hall–Kier alpha value is -0.0800. The van der Waals surface area contributed by atoms with Crippen molar-refractivity contribution in [3.05, 3.63) is 0 Å². The van der Waals surface area contributed by atoms with Crippen LogP contribution < -0.4 is 5.32 Å². The number of nitrogens with one attached hydrogen (secondary N) is 1. The molecule has 0 radical (unpaired) electrons. The van der Waals surface area contributed by atoms with E-state index in [-0.39, 0.29) is 5.54 Å². The number of rotatable bonds is 11. The number of likely N-dealkylation sites (N-methyl/N-ethyl adjacent to an activating group) is 2. The van der Waals surface area contributed by atoms with Gasteiger partial charge in [-0.15, -0.1) is 0 Å². The van der Waals surface area contributed by atoms with Crippen molar-refractivity contribution in [2.24, 2.45) is 0 Å². The molecule has 0 heterocycles. The molecule has 1 atom stereocenters. The molecule has 0 fully saturated rings. The van der Waals surface area contributed by atoms with E-state index >= 15 is 0 Å². The summed E-state index contributed by atoms with van der Waals surface area (Å²) in [6.45, 7) is 17.2. The lowest BCUT2D eigenvalue weighted by molar-refractivity contribution is 0.0870. The lowest BCUT2D eigenvalue weighted by Crippen LogP contribution is -2.57. The third-order valence-corrected chi connectivity index (χ3v) is 4.23. The van der Waals surface area contributed by atoms with Crippen molar-refractivity contribution >= 4 is 0 Å². The standard InChI is InChI=1S/C16H36N2/c1-7-11-12-13-14-15(17-8-2)16(5,6)18(9-3)10-4/h15,17H,7-14H2,1-6H3. The molecule has 1 unspecified atom stereocenters. The summed E-state index contributed by atoms with van der Waals surface area (Å²) in [6.07, 6.45) is 6.75. The normalized spacial score (nSPS) is 14.2. The number of hydrogen-bond donors (Lipinski definition) is 1. The Morgan fingerprint density at radius 1 is 0.944 bits per heavy atom. The Morgan fingerprint density at radius 3 is 2.00 bits per heavy atom. The Kier molecular flexibility index (Phi) is 9.76. The SMILES string of the molecule is CCCCCCC(NCC)C(C)(C)N(CC)CC. The molecular formula is C16H36N2. The maximum atomic E-state index is 3.71. The Morgan fingerprint density at radius 2 is 1.56 bits per heavy atom. The highest BCUT2D eigenvalue weighted by Gasteiger charge is 2.32. The molecule has 0 aromatic heterocycles. The van der Waals surface area contributed by atoms with Crippen LogP contribution in [0.3, 0.4) is 0 Å². The van der Waals surface area contributed by atoms with Crippen LogP contribution in [0.2, 0.25) is 0 Å². The second-order valence-corrected chi connectivity index (χ2v) is 5.79. The van der Waals surface area contributed by atoms with Gasteiger partial charge >= 0.3 is 0 Å². The van der Waals surface area contributed by atoms with Crippen LogP contribution in [-0.2, 0) is 0 Å². The second kappa shape index (κ2) is 9.80. The van der Waals surface area contributed by atoms with Gasteiger partial charge in [-0.1, -0.05) is 53.4 Å². The summed E-state index contributed by atoms with van der Waals surface area (Å²) in [5, 5.41) is 3.71. The van der Waals surface area contributed by atoms with E-state index in [0.717, 1.165) is 19.6 Å². The molecule has 0 rings (SSSR count). The van der Waals surface area contributed by atoms with E-state index in [1.54, 1.807) is 0 Å². The molecule has 0 aliphatic heterocycles. The predicted octanol–water partition coefficient (Wildman–Crippen LogP) is 4.06. The summed E-state index contributed by atoms with van der Waals surface area (Å²) in [5.74, 6) is 0. The molecule has 0 spiro atoms. The van der Waals surface area contributed by atoms with Crippen molar-refractivity contribution in [1.29, 1.82) is 0 Å². The first kappa shape index (κ1) is 17.9. The molecule has 0 aromatic rings. The van der Waals surface area contributed by atoms with Gasteiger partial charge in [-0.2, -0.15) is 0 Å². The van der Waals surface area contributed by atoms with Crippen LogP contribution in [0.15, 0.2) is 0 Å². The Balaban J connectivity index is 4.44. The summed E-state index contributed by atoms with van der Waals surface area (Å²) in [4.78, 5) is 2.58. The number of nitrogens with zero attached hydrogens (tertiary/aromatic N) is 1. The summed E-state index contributed by atoms with van der Waals surface area (Å²) in [6, 6.07) is 0.610. The van der Waals surface area contributed by atoms with E-state index in [1.807, 2.05) is 0 Å². The predicted molar refractivity (Wildman–Crippen MR) is 83.2 cm³/mol. The third kappa shape index (κ3) is 5.71. The molecule has 18 heavy (non-hydrogen) atoms. The summed E-state index contributed by atoms with van der Waals surface area (Å²) >= 11 is 0. The van der Waals surface area contributed by atoms with E-state index in [4.69, 9.17) is 0 Å². The summed E-state index contributed by atoms with van der Waals surface area (Å²) in [5.41, 5.74) is 0.256. The highest BCUT2D eigenvalue weighted by Crippen LogP contribution is 2.23. The van der Waals surface area contributed by atoms with E-state index in [0.29, 0.717) is 6.04 Å². The molecule has 0 aromatic carbocycles. The topological polar surface area (TPSA) is 15.3 Å². The Bertz CT molecular complexity index is 186. The van der Waals surface area contributed by atoms with Gasteiger partial charge in [-0.3, -0.25) is 4.90 Å². The highest BCUT2D eigenvalue weighted by molar-refractivity contribution is 4.92. The average molecular weight is 256 g/mol. The second-order valence-electron chi connectivity index (χ2n) is 5.79. The van der Waals surface area contributed by atoms with Crippen LogP contribution in [0.5, 0.6) is 0 Å². The minimum atomic E-state index is 0.256. The maximum absolute atomic E-state index is 3.71. The van der Waals surface area contributed by atoms with E-state index in [1.165, 1.54) is 32.1 Å². The van der Waals surface area contributed by atoms with Crippen LogP contribution in [-0.4, -0.2) is 36.1 Å². The van der Waals surface area contributed by atoms with Crippen molar-refractivity contribution < 1.29 is 0 Å². The van der Waals surface area contributed by atoms with Gasteiger partial charge in [0.05, 0.1) is 0 Å². The third-order valence-electron chi connectivity index (χ3n) is 4.23. The largest absolute Gasteiger partial charge is 0.312 e. The molecule has 0 saturated carbocycles. The van der Waals surface area contributed by atoms with Gasteiger partial charge in [-0.25, -0.2) is 0 Å². The quantitative estimate of drug-likeness (QED) is 0.561. The van der Waals surface area contributed by atoms with Crippen molar-refractivity contribution in [2.75, 3.05) is 19.6 Å². The molecule has 2 nitrogen and oxygen atoms in total. The van der Waals surface area contributed by atoms with Gasteiger partial charge in [-0.05, 0) is 39.9 Å². The smallest absolute Gasteiger partial charge is 0.0306 e. The molecule has 0 aliphatic rings. The van der Waals surface area contributed by atoms with Crippen LogP contribution in [0, 0.1) is 0 Å². The fourth-order valence-electron chi connectivity index (χ4n) is 2.99. The lowest BCUT2D eigenvalue weighted by Gasteiger charge is -2.44. The lowest BCUT2D eigenvalue weighted by atomic mass is 9.88. The Labute approximate surface area is 116 Å². The van der Waals surface area contributed by atoms with E-state index in [2.05, 4.69) is 51.8 Å². The van der Waals surface area contributed by atoms with E-state index in [9.17, 15) is 0 Å². The van der Waals surface area contributed by atoms with Crippen molar-refractivity contribution in [2.45, 2.75) is 85.2 Å². The first-order valence-electron chi connectivity index (χ1n) is 8.02. The van der Waals surface area contributed by atoms with E-state index < -0.39 is 0 Å². The first-order valence-corrected chi connectivity index (χ1v) is 8.02. The van der Waals surface area contributed by atoms with Crippen LogP contribution in [0.1, 0.15) is 73.6 Å². The first-order chi connectivity index (χ1) is 8.54. The molecule has 1 N–H and O–H groups in total. The van der Waals surface area contributed by atoms with Gasteiger partial charge in [0.1, 0.15) is 0 Å². The van der Waals surface area contributed by atoms with Crippen LogP contribution >= 0.6 is 0 Å². The molecule has 110 valence electrons. The molecular weight excluding hydrogens is 220 g/mol. The van der Waals surface area contributed by atoms with Crippen molar-refractivity contribution in [3.8, 4) is 0 Å². The molecule has 2 heteroatoms. The van der Waals surface area contributed by atoms with Gasteiger partial charge in [0.25, 0.3) is 0 Å². The monoisotopic (exact) mass is 256 g/mol. The van der Waals surface area contributed by atoms with Gasteiger partial charge in [0.2, 0.25) is 0 Å². The maximum Gasteiger partial charge on any atom is 0.0306 e. The zero-order chi connectivity index (χ0) is 14.0. The van der Waals surface area contributed by atoms with Gasteiger partial charge in [0, 0.05) is 11.6 Å². The van der Waals surface area contributed by atoms with Crippen LogP contribution in [0.25, 0.3) is 0 Å². The molecule has 0 bridgehead atoms.